The number of aromatic nitrogens is 2. The highest BCUT2D eigenvalue weighted by Crippen LogP contribution is 2.39. The Kier molecular flexibility index (Phi) is 5.28. The van der Waals surface area contributed by atoms with Crippen molar-refractivity contribution in [1.82, 2.24) is 14.9 Å². The summed E-state index contributed by atoms with van der Waals surface area (Å²) in [5, 5.41) is 0.968. The average molecular weight is 423 g/mol. The van der Waals surface area contributed by atoms with Gasteiger partial charge in [-0.15, -0.1) is 0 Å². The Bertz CT molecular complexity index is 1220. The maximum Gasteiger partial charge on any atom is 0.207 e. The number of halogens is 1. The molecule has 31 heavy (non-hydrogen) atoms. The normalized spacial score (nSPS) is 15.9. The maximum absolute atomic E-state index is 13.6. The average Bonchev–Trinajstić information content (AvgIpc) is 3.35. The van der Waals surface area contributed by atoms with Gasteiger partial charge in [0.15, 0.2) is 11.6 Å². The maximum atomic E-state index is 13.6. The molecule has 0 saturated heterocycles. The van der Waals surface area contributed by atoms with Crippen LogP contribution in [-0.2, 0) is 6.42 Å². The monoisotopic (exact) mass is 423 g/mol. The van der Waals surface area contributed by atoms with Gasteiger partial charge in [0.1, 0.15) is 24.0 Å². The molecule has 0 aliphatic carbocycles. The number of oxazole rings is 1. The van der Waals surface area contributed by atoms with Crippen LogP contribution in [0.25, 0.3) is 22.0 Å². The van der Waals surface area contributed by atoms with Crippen LogP contribution < -0.4 is 9.47 Å². The van der Waals surface area contributed by atoms with Crippen LogP contribution in [0.3, 0.4) is 0 Å². The minimum absolute atomic E-state index is 0.0781. The number of rotatable bonds is 7. The summed E-state index contributed by atoms with van der Waals surface area (Å²) in [6, 6.07) is 8.66. The van der Waals surface area contributed by atoms with Crippen LogP contribution in [0.4, 0.5) is 4.39 Å². The molecular weight excluding hydrogens is 397 g/mol. The van der Waals surface area contributed by atoms with Crippen molar-refractivity contribution in [2.24, 2.45) is 0 Å². The molecule has 3 heterocycles. The quantitative estimate of drug-likeness (QED) is 0.460. The predicted molar refractivity (Wildman–Crippen MR) is 117 cm³/mol. The third kappa shape index (κ3) is 3.97. The number of hydrogen-bond acceptors (Lipinski definition) is 5. The molecule has 0 spiro atoms. The number of fused-ring (bicyclic) bond motifs is 4. The van der Waals surface area contributed by atoms with E-state index in [0.717, 1.165) is 54.5 Å². The van der Waals surface area contributed by atoms with E-state index in [1.165, 1.54) is 6.07 Å². The highest BCUT2D eigenvalue weighted by Gasteiger charge is 2.26. The van der Waals surface area contributed by atoms with Crippen LogP contribution in [0.2, 0.25) is 0 Å². The van der Waals surface area contributed by atoms with Gasteiger partial charge in [0.05, 0.1) is 0 Å². The molecule has 2 aromatic carbocycles. The molecule has 1 unspecified atom stereocenters. The molecule has 0 saturated carbocycles. The summed E-state index contributed by atoms with van der Waals surface area (Å²) in [6.45, 7) is 7.09. The third-order valence-electron chi connectivity index (χ3n) is 5.85. The van der Waals surface area contributed by atoms with Crippen LogP contribution in [0.5, 0.6) is 11.5 Å². The lowest BCUT2D eigenvalue weighted by Gasteiger charge is -2.30. The Balaban J connectivity index is 1.21. The second kappa shape index (κ2) is 8.23. The van der Waals surface area contributed by atoms with Gasteiger partial charge in [-0.25, -0.2) is 9.37 Å². The molecule has 1 N–H and O–H groups in total. The fourth-order valence-corrected chi connectivity index (χ4v) is 4.28. The topological polar surface area (TPSA) is 63.5 Å². The Hall–Kier alpha value is -3.06. The van der Waals surface area contributed by atoms with Crippen LogP contribution >= 0.6 is 0 Å². The van der Waals surface area contributed by atoms with Crippen LogP contribution in [-0.4, -0.2) is 47.2 Å². The zero-order valence-electron chi connectivity index (χ0n) is 17.8. The largest absolute Gasteiger partial charge is 0.486 e. The molecule has 6 nitrogen and oxygen atoms in total. The number of benzene rings is 2. The molecule has 0 amide bonds. The molecule has 5 rings (SSSR count). The molecule has 162 valence electrons. The first kappa shape index (κ1) is 19.9. The van der Waals surface area contributed by atoms with Crippen molar-refractivity contribution < 1.29 is 18.3 Å². The van der Waals surface area contributed by atoms with E-state index in [4.69, 9.17) is 13.9 Å². The van der Waals surface area contributed by atoms with Crippen LogP contribution in [0, 0.1) is 12.7 Å². The van der Waals surface area contributed by atoms with E-state index in [2.05, 4.69) is 21.8 Å². The fourth-order valence-electron chi connectivity index (χ4n) is 4.28. The summed E-state index contributed by atoms with van der Waals surface area (Å²) in [5.74, 6) is 1.76. The van der Waals surface area contributed by atoms with Gasteiger partial charge in [-0.2, -0.15) is 0 Å². The summed E-state index contributed by atoms with van der Waals surface area (Å²) < 4.78 is 31.6. The highest BCUT2D eigenvalue weighted by molar-refractivity contribution is 5.83. The second-order valence-electron chi connectivity index (χ2n) is 8.03. The molecule has 0 radical (unpaired) electrons. The van der Waals surface area contributed by atoms with Crippen molar-refractivity contribution in [3.8, 4) is 11.5 Å². The molecule has 4 aromatic rings. The first-order valence-corrected chi connectivity index (χ1v) is 10.8. The summed E-state index contributed by atoms with van der Waals surface area (Å²) in [4.78, 5) is 9.97. The summed E-state index contributed by atoms with van der Waals surface area (Å²) in [5.41, 5.74) is 3.56. The summed E-state index contributed by atoms with van der Waals surface area (Å²) >= 11 is 0. The molecule has 2 aromatic heterocycles. The van der Waals surface area contributed by atoms with Crippen molar-refractivity contribution in [2.45, 2.75) is 32.8 Å². The van der Waals surface area contributed by atoms with Gasteiger partial charge in [0.2, 0.25) is 11.3 Å². The smallest absolute Gasteiger partial charge is 0.207 e. The Labute approximate surface area is 180 Å². The Morgan fingerprint density at radius 2 is 2.16 bits per heavy atom. The molecule has 1 aliphatic heterocycles. The first-order chi connectivity index (χ1) is 15.1. The van der Waals surface area contributed by atoms with Crippen molar-refractivity contribution in [1.29, 1.82) is 0 Å². The zero-order valence-corrected chi connectivity index (χ0v) is 17.8. The highest BCUT2D eigenvalue weighted by atomic mass is 19.1. The molecule has 7 heteroatoms. The van der Waals surface area contributed by atoms with Crippen LogP contribution in [0.15, 0.2) is 40.9 Å². The fraction of sp³-hybridized carbons (Fsp3) is 0.375. The van der Waals surface area contributed by atoms with E-state index in [1.807, 2.05) is 25.3 Å². The Morgan fingerprint density at radius 1 is 1.26 bits per heavy atom. The standard InChI is InChI=1S/C24H26FN3O3/c1-3-28(10-4-5-16-12-26-20-7-6-17(25)11-19(16)20)13-18-14-29-22-9-8-21-23(24(22)31-18)30-15(2)27-21/h6-9,11-12,18,26H,3-5,10,13-14H2,1-2H3. The van der Waals surface area contributed by atoms with Crippen molar-refractivity contribution in [2.75, 3.05) is 26.2 Å². The number of likely N-dealkylation sites (N-methyl/N-ethyl adjacent to an activating group) is 1. The predicted octanol–water partition coefficient (Wildman–Crippen LogP) is 4.85. The first-order valence-electron chi connectivity index (χ1n) is 10.8. The van der Waals surface area contributed by atoms with E-state index in [9.17, 15) is 4.39 Å². The number of H-pyrrole nitrogens is 1. The summed E-state index contributed by atoms with van der Waals surface area (Å²) in [7, 11) is 0. The number of aryl methyl sites for hydroxylation is 2. The van der Waals surface area contributed by atoms with Crippen molar-refractivity contribution in [3.63, 3.8) is 0 Å². The lowest BCUT2D eigenvalue weighted by molar-refractivity contribution is 0.0604. The second-order valence-corrected chi connectivity index (χ2v) is 8.03. The van der Waals surface area contributed by atoms with Gasteiger partial charge >= 0.3 is 0 Å². The third-order valence-corrected chi connectivity index (χ3v) is 5.85. The van der Waals surface area contributed by atoms with E-state index in [0.29, 0.717) is 29.6 Å². The zero-order chi connectivity index (χ0) is 21.4. The number of ether oxygens (including phenoxy) is 2. The molecule has 1 atom stereocenters. The molecular formula is C24H26FN3O3. The minimum Gasteiger partial charge on any atom is -0.486 e. The van der Waals surface area contributed by atoms with Gasteiger partial charge in [0, 0.05) is 30.6 Å². The van der Waals surface area contributed by atoms with E-state index in [1.54, 1.807) is 12.1 Å². The van der Waals surface area contributed by atoms with E-state index >= 15 is 0 Å². The van der Waals surface area contributed by atoms with Gasteiger partial charge in [-0.05, 0) is 61.8 Å². The van der Waals surface area contributed by atoms with E-state index in [-0.39, 0.29) is 11.9 Å². The minimum atomic E-state index is -0.200. The number of nitrogens with zero attached hydrogens (tertiary/aromatic N) is 2. The van der Waals surface area contributed by atoms with E-state index < -0.39 is 0 Å². The summed E-state index contributed by atoms with van der Waals surface area (Å²) in [6.07, 6.45) is 3.78. The van der Waals surface area contributed by atoms with Crippen molar-refractivity contribution >= 4 is 22.0 Å². The number of hydrogen-bond donors (Lipinski definition) is 1. The van der Waals surface area contributed by atoms with Gasteiger partial charge < -0.3 is 18.9 Å². The Morgan fingerprint density at radius 3 is 3.03 bits per heavy atom. The van der Waals surface area contributed by atoms with Gasteiger partial charge in [-0.1, -0.05) is 6.92 Å². The SMILES string of the molecule is CCN(CCCc1c[nH]c2ccc(F)cc12)CC1COc2ccc3nc(C)oc3c2O1. The molecule has 1 aliphatic rings. The van der Waals surface area contributed by atoms with Crippen LogP contribution in [0.1, 0.15) is 24.8 Å². The molecule has 0 fully saturated rings. The lowest BCUT2D eigenvalue weighted by atomic mass is 10.1. The van der Waals surface area contributed by atoms with Crippen molar-refractivity contribution in [3.05, 3.63) is 53.8 Å². The van der Waals surface area contributed by atoms with Gasteiger partial charge in [0.25, 0.3) is 0 Å². The molecule has 0 bridgehead atoms. The van der Waals surface area contributed by atoms with Gasteiger partial charge in [-0.3, -0.25) is 4.90 Å². The number of aromatic amines is 1. The lowest BCUT2D eigenvalue weighted by Crippen LogP contribution is -2.41. The number of nitrogens with one attached hydrogen (secondary N) is 1.